The number of nitrogens with zero attached hydrogens (tertiary/aromatic N) is 1. The number of amides is 2. The number of aliphatic hydroxyl groups is 4. The molecule has 0 spiro atoms. The van der Waals surface area contributed by atoms with Crippen molar-refractivity contribution in [2.45, 2.75) is 89.6 Å². The molecule has 1 aliphatic heterocycles. The summed E-state index contributed by atoms with van der Waals surface area (Å²) in [7, 11) is 0. The Kier molecular flexibility index (Phi) is 12.7. The van der Waals surface area contributed by atoms with Crippen molar-refractivity contribution in [1.82, 2.24) is 20.8 Å². The zero-order chi connectivity index (χ0) is 31.7. The minimum Gasteiger partial charge on any atom is -0.494 e. The predicted molar refractivity (Wildman–Crippen MR) is 155 cm³/mol. The van der Waals surface area contributed by atoms with Gasteiger partial charge in [-0.2, -0.15) is 0 Å². The van der Waals surface area contributed by atoms with Crippen molar-refractivity contribution < 1.29 is 44.2 Å². The van der Waals surface area contributed by atoms with Crippen molar-refractivity contribution in [2.24, 2.45) is 5.73 Å². The van der Waals surface area contributed by atoms with Gasteiger partial charge in [-0.05, 0) is 56.0 Å². The number of aryl methyl sites for hydroxylation is 1. The zero-order valence-corrected chi connectivity index (χ0v) is 25.1. The van der Waals surface area contributed by atoms with Gasteiger partial charge in [0.25, 0.3) is 0 Å². The van der Waals surface area contributed by atoms with Gasteiger partial charge in [-0.15, -0.1) is 5.10 Å². The van der Waals surface area contributed by atoms with Gasteiger partial charge in [0.1, 0.15) is 36.2 Å². The van der Waals surface area contributed by atoms with Crippen LogP contribution < -0.4 is 25.8 Å². The van der Waals surface area contributed by atoms with E-state index < -0.39 is 49.3 Å². The number of carbonyl (C=O) groups is 2. The normalized spacial score (nSPS) is 22.8. The van der Waals surface area contributed by atoms with Crippen LogP contribution in [0.2, 0.25) is 0 Å². The van der Waals surface area contributed by atoms with Gasteiger partial charge in [0.05, 0.1) is 13.2 Å². The van der Waals surface area contributed by atoms with Crippen molar-refractivity contribution in [2.75, 3.05) is 26.3 Å². The van der Waals surface area contributed by atoms with Crippen LogP contribution in [0.5, 0.6) is 11.6 Å². The van der Waals surface area contributed by atoms with Crippen LogP contribution in [0.3, 0.4) is 0 Å². The van der Waals surface area contributed by atoms with Gasteiger partial charge < -0.3 is 51.0 Å². The van der Waals surface area contributed by atoms with E-state index in [0.717, 1.165) is 34.6 Å². The maximum absolute atomic E-state index is 11.8. The van der Waals surface area contributed by atoms with Crippen molar-refractivity contribution in [1.29, 1.82) is 0 Å². The number of H-pyrrole nitrogens is 1. The van der Waals surface area contributed by atoms with Gasteiger partial charge >= 0.3 is 0 Å². The first kappa shape index (κ1) is 34.2. The number of nitrogens with one attached hydrogen (secondary N) is 3. The predicted octanol–water partition coefficient (Wildman–Crippen LogP) is -0.650. The molecular formula is C29H45N5O9. The maximum atomic E-state index is 11.8. The lowest BCUT2D eigenvalue weighted by atomic mass is 9.96. The molecule has 0 bridgehead atoms. The van der Waals surface area contributed by atoms with E-state index in [4.69, 9.17) is 19.9 Å². The number of hydrogen-bond donors (Lipinski definition) is 8. The third-order valence-corrected chi connectivity index (χ3v) is 7.30. The second kappa shape index (κ2) is 16.0. The van der Waals surface area contributed by atoms with Gasteiger partial charge in [-0.3, -0.25) is 14.7 Å². The molecule has 2 aromatic rings. The molecule has 0 aliphatic carbocycles. The lowest BCUT2D eigenvalue weighted by Gasteiger charge is -2.39. The maximum Gasteiger partial charge on any atom is 0.239 e. The van der Waals surface area contributed by atoms with Crippen LogP contribution in [0.15, 0.2) is 18.2 Å². The second-order valence-electron chi connectivity index (χ2n) is 11.0. The minimum absolute atomic E-state index is 0.0826. The zero-order valence-electron chi connectivity index (χ0n) is 25.1. The molecule has 1 aliphatic rings. The Balaban J connectivity index is 1.54. The van der Waals surface area contributed by atoms with Gasteiger partial charge in [0, 0.05) is 30.6 Å². The summed E-state index contributed by atoms with van der Waals surface area (Å²) < 4.78 is 17.3. The highest BCUT2D eigenvalue weighted by Gasteiger charge is 2.45. The van der Waals surface area contributed by atoms with E-state index in [1.807, 2.05) is 39.0 Å². The molecule has 240 valence electrons. The molecule has 0 radical (unpaired) electrons. The fraction of sp³-hybridized carbons (Fsp3) is 0.621. The molecule has 43 heavy (non-hydrogen) atoms. The van der Waals surface area contributed by atoms with E-state index >= 15 is 0 Å². The van der Waals surface area contributed by atoms with Crippen LogP contribution in [0.25, 0.3) is 0 Å². The molecule has 6 atom stereocenters. The summed E-state index contributed by atoms with van der Waals surface area (Å²) in [5, 5.41) is 53.1. The number of aliphatic hydroxyl groups excluding tert-OH is 4. The van der Waals surface area contributed by atoms with Crippen LogP contribution >= 0.6 is 0 Å². The lowest BCUT2D eigenvalue weighted by Crippen LogP contribution is -2.60. The standard InChI is InChI=1S/C29H45N5O9/c1-15(2)23-20(28(34-33-23)43-29-26(39)25(38)24(37)21(14-35)42-29)13-18-6-7-19(12-16(18)3)41-11-5-9-31-10-8-22(36)32-17(4)27(30)40/h6-7,12,15,17,21,24-26,29,31,35,37-39H,5,8-11,13-14H2,1-4H3,(H2,30,40)(H,32,36)(H,33,34)/t17-,21+,24+,25-,26+,29?/m0/s1. The summed E-state index contributed by atoms with van der Waals surface area (Å²) in [6.07, 6.45) is -5.60. The highest BCUT2D eigenvalue weighted by molar-refractivity contribution is 5.86. The Morgan fingerprint density at radius 2 is 1.88 bits per heavy atom. The molecule has 1 saturated heterocycles. The largest absolute Gasteiger partial charge is 0.494 e. The van der Waals surface area contributed by atoms with E-state index in [0.29, 0.717) is 26.1 Å². The summed E-state index contributed by atoms with van der Waals surface area (Å²) >= 11 is 0. The Labute approximate surface area is 250 Å². The average Bonchev–Trinajstić information content (AvgIpc) is 3.36. The highest BCUT2D eigenvalue weighted by atomic mass is 16.7. The molecule has 14 nitrogen and oxygen atoms in total. The Hall–Kier alpha value is -3.27. The van der Waals surface area contributed by atoms with Crippen molar-refractivity contribution in [3.8, 4) is 11.6 Å². The van der Waals surface area contributed by atoms with E-state index in [2.05, 4.69) is 20.8 Å². The summed E-state index contributed by atoms with van der Waals surface area (Å²) in [6, 6.07) is 5.09. The third-order valence-electron chi connectivity index (χ3n) is 7.30. The number of carbonyl (C=O) groups excluding carboxylic acids is 2. The minimum atomic E-state index is -1.56. The fourth-order valence-corrected chi connectivity index (χ4v) is 4.63. The number of nitrogens with two attached hydrogens (primary N) is 1. The molecule has 9 N–H and O–H groups in total. The first-order chi connectivity index (χ1) is 20.4. The van der Waals surface area contributed by atoms with Gasteiger partial charge in [-0.1, -0.05) is 19.9 Å². The number of aromatic nitrogens is 2. The van der Waals surface area contributed by atoms with E-state index in [9.17, 15) is 30.0 Å². The summed E-state index contributed by atoms with van der Waals surface area (Å²) in [5.41, 5.74) is 8.72. The van der Waals surface area contributed by atoms with Crippen LogP contribution in [-0.2, 0) is 20.7 Å². The van der Waals surface area contributed by atoms with E-state index in [-0.39, 0.29) is 24.1 Å². The molecule has 2 amide bonds. The van der Waals surface area contributed by atoms with Crippen LogP contribution in [-0.4, -0.2) is 105 Å². The third kappa shape index (κ3) is 9.36. The van der Waals surface area contributed by atoms with Gasteiger partial charge in [0.15, 0.2) is 0 Å². The summed E-state index contributed by atoms with van der Waals surface area (Å²) in [6.45, 7) is 8.58. The number of aromatic amines is 1. The first-order valence-electron chi connectivity index (χ1n) is 14.5. The number of rotatable bonds is 16. The molecule has 3 rings (SSSR count). The van der Waals surface area contributed by atoms with Gasteiger partial charge in [0.2, 0.25) is 24.0 Å². The number of ether oxygens (including phenoxy) is 3. The quantitative estimate of drug-likeness (QED) is 0.112. The van der Waals surface area contributed by atoms with Crippen molar-refractivity contribution >= 4 is 11.8 Å². The number of hydrogen-bond acceptors (Lipinski definition) is 11. The number of benzene rings is 1. The molecule has 2 heterocycles. The van der Waals surface area contributed by atoms with Crippen molar-refractivity contribution in [3.63, 3.8) is 0 Å². The molecule has 0 saturated carbocycles. The summed E-state index contributed by atoms with van der Waals surface area (Å²) in [4.78, 5) is 22.8. The Morgan fingerprint density at radius 3 is 2.53 bits per heavy atom. The average molecular weight is 608 g/mol. The molecule has 14 heteroatoms. The molecule has 1 fully saturated rings. The van der Waals surface area contributed by atoms with Crippen LogP contribution in [0.4, 0.5) is 0 Å². The highest BCUT2D eigenvalue weighted by Crippen LogP contribution is 2.32. The fourth-order valence-electron chi connectivity index (χ4n) is 4.63. The molecular weight excluding hydrogens is 562 g/mol. The topological polar surface area (TPSA) is 222 Å². The van der Waals surface area contributed by atoms with Crippen LogP contribution in [0, 0.1) is 6.92 Å². The SMILES string of the molecule is Cc1cc(OCCCNCCC(=O)N[C@@H](C)C(N)=O)ccc1Cc1c(OC2O[C@H](CO)[C@@H](O)[C@H](O)[C@H]2O)n[nH]c1C(C)C. The van der Waals surface area contributed by atoms with Gasteiger partial charge in [-0.25, -0.2) is 0 Å². The Morgan fingerprint density at radius 1 is 1.14 bits per heavy atom. The summed E-state index contributed by atoms with van der Waals surface area (Å²) in [5.74, 6) is 0.178. The lowest BCUT2D eigenvalue weighted by molar-refractivity contribution is -0.278. The molecule has 1 unspecified atom stereocenters. The van der Waals surface area contributed by atoms with E-state index in [1.54, 1.807) is 6.92 Å². The number of primary amides is 1. The molecule has 1 aromatic carbocycles. The van der Waals surface area contributed by atoms with Crippen molar-refractivity contribution in [3.05, 3.63) is 40.6 Å². The Bertz CT molecular complexity index is 1210. The molecule has 1 aromatic heterocycles. The second-order valence-corrected chi connectivity index (χ2v) is 11.0. The van der Waals surface area contributed by atoms with E-state index in [1.165, 1.54) is 0 Å². The first-order valence-corrected chi connectivity index (χ1v) is 14.5. The monoisotopic (exact) mass is 607 g/mol. The smallest absolute Gasteiger partial charge is 0.239 e. The van der Waals surface area contributed by atoms with Crippen LogP contribution in [0.1, 0.15) is 61.9 Å².